The molecule has 1 aromatic rings. The van der Waals surface area contributed by atoms with Gasteiger partial charge >= 0.3 is 0 Å². The van der Waals surface area contributed by atoms with Crippen LogP contribution in [0.1, 0.15) is 72.1 Å². The number of rotatable bonds is 5. The first-order valence-corrected chi connectivity index (χ1v) is 12.3. The van der Waals surface area contributed by atoms with Crippen molar-refractivity contribution < 1.29 is 19.2 Å². The number of piperidine rings is 3. The van der Waals surface area contributed by atoms with E-state index in [4.69, 9.17) is 0 Å². The Morgan fingerprint density at radius 3 is 2.18 bits per heavy atom. The van der Waals surface area contributed by atoms with Crippen molar-refractivity contribution in [1.82, 2.24) is 15.5 Å². The summed E-state index contributed by atoms with van der Waals surface area (Å²) >= 11 is 0. The number of amides is 4. The number of hydrogen-bond donors (Lipinski definition) is 2. The Morgan fingerprint density at radius 1 is 0.818 bits per heavy atom. The van der Waals surface area contributed by atoms with Crippen LogP contribution in [0.25, 0.3) is 0 Å². The van der Waals surface area contributed by atoms with Crippen LogP contribution < -0.4 is 15.5 Å². The highest BCUT2D eigenvalue weighted by Crippen LogP contribution is 2.33. The minimum Gasteiger partial charge on any atom is -0.371 e. The van der Waals surface area contributed by atoms with E-state index in [0.29, 0.717) is 11.1 Å². The number of nitrogens with one attached hydrogen (secondary N) is 2. The molecule has 4 heterocycles. The van der Waals surface area contributed by atoms with Gasteiger partial charge in [-0.3, -0.25) is 29.4 Å². The predicted molar refractivity (Wildman–Crippen MR) is 123 cm³/mol. The van der Waals surface area contributed by atoms with E-state index in [9.17, 15) is 19.2 Å². The molecule has 2 N–H and O–H groups in total. The van der Waals surface area contributed by atoms with Gasteiger partial charge in [0.2, 0.25) is 11.8 Å². The van der Waals surface area contributed by atoms with Crippen LogP contribution in [0.3, 0.4) is 0 Å². The van der Waals surface area contributed by atoms with Crippen molar-refractivity contribution in [2.45, 2.75) is 57.4 Å². The van der Waals surface area contributed by atoms with Crippen LogP contribution in [0, 0.1) is 11.8 Å². The maximum absolute atomic E-state index is 13.1. The normalized spacial score (nSPS) is 24.9. The van der Waals surface area contributed by atoms with E-state index in [0.717, 1.165) is 61.4 Å². The van der Waals surface area contributed by atoms with E-state index in [1.165, 1.54) is 25.7 Å². The topological polar surface area (TPSA) is 98.8 Å². The Hall–Kier alpha value is -2.74. The van der Waals surface area contributed by atoms with Crippen molar-refractivity contribution >= 4 is 29.3 Å². The van der Waals surface area contributed by atoms with Gasteiger partial charge in [0.15, 0.2) is 0 Å². The van der Waals surface area contributed by atoms with Crippen molar-refractivity contribution in [2.75, 3.05) is 31.1 Å². The lowest BCUT2D eigenvalue weighted by molar-refractivity contribution is -0.136. The number of fused-ring (bicyclic) bond motifs is 1. The number of carbonyl (C=O) groups excluding carboxylic acids is 4. The molecule has 0 saturated carbocycles. The fourth-order valence-corrected chi connectivity index (χ4v) is 5.78. The van der Waals surface area contributed by atoms with Crippen LogP contribution >= 0.6 is 0 Å². The third-order valence-electron chi connectivity index (χ3n) is 7.84. The minimum atomic E-state index is -0.922. The number of nitrogens with zero attached hydrogens (tertiary/aromatic N) is 2. The van der Waals surface area contributed by atoms with Crippen LogP contribution in [0.2, 0.25) is 0 Å². The van der Waals surface area contributed by atoms with Gasteiger partial charge in [-0.25, -0.2) is 0 Å². The minimum absolute atomic E-state index is 0.127. The molecular weight excluding hydrogens is 420 g/mol. The van der Waals surface area contributed by atoms with Gasteiger partial charge < -0.3 is 10.2 Å². The fraction of sp³-hybridized carbons (Fsp3) is 0.600. The smallest absolute Gasteiger partial charge is 0.262 e. The van der Waals surface area contributed by atoms with E-state index in [-0.39, 0.29) is 18.7 Å². The standard InChI is InChI=1S/C25H32N4O4/c30-22-6-5-21(23(31)27-22)29-24(32)19-4-3-18(15-20(19)25(29)33)28-13-9-17(10-14-28)2-1-16-7-11-26-12-8-16/h3-4,15-17,21,26H,1-2,5-14H2,(H,27,30,31). The average Bonchev–Trinajstić information content (AvgIpc) is 3.08. The largest absolute Gasteiger partial charge is 0.371 e. The van der Waals surface area contributed by atoms with E-state index in [2.05, 4.69) is 15.5 Å². The SMILES string of the molecule is O=C1CCC(N2C(=O)c3ccc(N4CCC(CCC5CCNCC5)CC4)cc3C2=O)C(=O)N1. The number of anilines is 1. The van der Waals surface area contributed by atoms with Crippen LogP contribution in [-0.2, 0) is 9.59 Å². The second kappa shape index (κ2) is 9.25. The fourth-order valence-electron chi connectivity index (χ4n) is 5.78. The monoisotopic (exact) mass is 452 g/mol. The lowest BCUT2D eigenvalue weighted by Gasteiger charge is -2.34. The van der Waals surface area contributed by atoms with Gasteiger partial charge in [0.05, 0.1) is 11.1 Å². The van der Waals surface area contributed by atoms with Crippen LogP contribution in [0.5, 0.6) is 0 Å². The summed E-state index contributed by atoms with van der Waals surface area (Å²) in [5.41, 5.74) is 1.65. The zero-order chi connectivity index (χ0) is 22.9. The third-order valence-corrected chi connectivity index (χ3v) is 7.84. The van der Waals surface area contributed by atoms with Crippen molar-refractivity contribution in [3.05, 3.63) is 29.3 Å². The van der Waals surface area contributed by atoms with Gasteiger partial charge in [-0.1, -0.05) is 12.8 Å². The Morgan fingerprint density at radius 2 is 1.48 bits per heavy atom. The summed E-state index contributed by atoms with van der Waals surface area (Å²) in [5.74, 6) is -0.202. The molecule has 0 aliphatic carbocycles. The number of hydrogen-bond acceptors (Lipinski definition) is 6. The summed E-state index contributed by atoms with van der Waals surface area (Å²) in [6.45, 7) is 4.22. The number of imide groups is 2. The van der Waals surface area contributed by atoms with E-state index < -0.39 is 23.8 Å². The maximum Gasteiger partial charge on any atom is 0.262 e. The van der Waals surface area contributed by atoms with Crippen molar-refractivity contribution in [3.63, 3.8) is 0 Å². The highest BCUT2D eigenvalue weighted by molar-refractivity contribution is 6.23. The second-order valence-corrected chi connectivity index (χ2v) is 9.88. The molecule has 0 radical (unpaired) electrons. The molecule has 0 bridgehead atoms. The highest BCUT2D eigenvalue weighted by atomic mass is 16.2. The number of benzene rings is 1. The maximum atomic E-state index is 13.1. The summed E-state index contributed by atoms with van der Waals surface area (Å²) in [6.07, 6.45) is 7.84. The first-order valence-electron chi connectivity index (χ1n) is 12.3. The quantitative estimate of drug-likeness (QED) is 0.664. The van der Waals surface area contributed by atoms with Gasteiger partial charge in [0.25, 0.3) is 11.8 Å². The van der Waals surface area contributed by atoms with Gasteiger partial charge in [-0.15, -0.1) is 0 Å². The van der Waals surface area contributed by atoms with Crippen molar-refractivity contribution in [1.29, 1.82) is 0 Å². The summed E-state index contributed by atoms with van der Waals surface area (Å²) in [7, 11) is 0. The molecule has 8 nitrogen and oxygen atoms in total. The molecule has 176 valence electrons. The molecular formula is C25H32N4O4. The molecule has 8 heteroatoms. The summed E-state index contributed by atoms with van der Waals surface area (Å²) in [5, 5.41) is 5.67. The lowest BCUT2D eigenvalue weighted by atomic mass is 9.85. The second-order valence-electron chi connectivity index (χ2n) is 9.88. The molecule has 3 saturated heterocycles. The third kappa shape index (κ3) is 4.40. The Kier molecular flexibility index (Phi) is 6.19. The van der Waals surface area contributed by atoms with Crippen molar-refractivity contribution in [3.8, 4) is 0 Å². The summed E-state index contributed by atoms with van der Waals surface area (Å²) in [6, 6.07) is 4.50. The van der Waals surface area contributed by atoms with Gasteiger partial charge in [0.1, 0.15) is 6.04 Å². The first-order chi connectivity index (χ1) is 16.0. The zero-order valence-corrected chi connectivity index (χ0v) is 19.0. The molecule has 4 amide bonds. The Labute approximate surface area is 194 Å². The Balaban J connectivity index is 1.21. The molecule has 33 heavy (non-hydrogen) atoms. The predicted octanol–water partition coefficient (Wildman–Crippen LogP) is 2.08. The van der Waals surface area contributed by atoms with Gasteiger partial charge in [0, 0.05) is 25.2 Å². The molecule has 3 fully saturated rings. The summed E-state index contributed by atoms with van der Waals surface area (Å²) < 4.78 is 0. The number of carbonyl (C=O) groups is 4. The summed E-state index contributed by atoms with van der Waals surface area (Å²) in [4.78, 5) is 53.0. The van der Waals surface area contributed by atoms with E-state index >= 15 is 0 Å². The first kappa shape index (κ1) is 22.1. The lowest BCUT2D eigenvalue weighted by Crippen LogP contribution is -2.54. The van der Waals surface area contributed by atoms with E-state index in [1.807, 2.05) is 6.07 Å². The van der Waals surface area contributed by atoms with Crippen LogP contribution in [0.15, 0.2) is 18.2 Å². The van der Waals surface area contributed by atoms with Crippen molar-refractivity contribution in [2.24, 2.45) is 11.8 Å². The average molecular weight is 453 g/mol. The Bertz CT molecular complexity index is 963. The zero-order valence-electron chi connectivity index (χ0n) is 19.0. The molecule has 1 unspecified atom stereocenters. The van der Waals surface area contributed by atoms with Gasteiger partial charge in [-0.05, 0) is 75.2 Å². The molecule has 1 atom stereocenters. The molecule has 4 aliphatic rings. The molecule has 5 rings (SSSR count). The van der Waals surface area contributed by atoms with Crippen LogP contribution in [-0.4, -0.2) is 60.7 Å². The van der Waals surface area contributed by atoms with E-state index in [1.54, 1.807) is 12.1 Å². The molecule has 4 aliphatic heterocycles. The molecule has 0 aromatic heterocycles. The molecule has 0 spiro atoms. The highest BCUT2D eigenvalue weighted by Gasteiger charge is 2.44. The molecule has 1 aromatic carbocycles. The van der Waals surface area contributed by atoms with Gasteiger partial charge in [-0.2, -0.15) is 0 Å². The van der Waals surface area contributed by atoms with Crippen LogP contribution in [0.4, 0.5) is 5.69 Å².